The van der Waals surface area contributed by atoms with Gasteiger partial charge in [0, 0.05) is 6.42 Å². The SMILES string of the molecule is CCOC(=O)C(C)C[C]=O. The van der Waals surface area contributed by atoms with Gasteiger partial charge in [-0.15, -0.1) is 0 Å². The van der Waals surface area contributed by atoms with Crippen molar-refractivity contribution in [3.63, 3.8) is 0 Å². The first-order valence-electron chi connectivity index (χ1n) is 3.24. The van der Waals surface area contributed by atoms with Crippen molar-refractivity contribution in [2.24, 2.45) is 5.92 Å². The van der Waals surface area contributed by atoms with Gasteiger partial charge in [-0.25, -0.2) is 0 Å². The van der Waals surface area contributed by atoms with Gasteiger partial charge in [-0.2, -0.15) is 0 Å². The van der Waals surface area contributed by atoms with Crippen LogP contribution in [0.15, 0.2) is 0 Å². The summed E-state index contributed by atoms with van der Waals surface area (Å²) in [6.07, 6.45) is 1.78. The molecule has 0 N–H and O–H groups in total. The Hall–Kier alpha value is -0.860. The van der Waals surface area contributed by atoms with Gasteiger partial charge >= 0.3 is 5.97 Å². The van der Waals surface area contributed by atoms with E-state index < -0.39 is 0 Å². The highest BCUT2D eigenvalue weighted by Gasteiger charge is 2.12. The Morgan fingerprint density at radius 2 is 2.30 bits per heavy atom. The summed E-state index contributed by atoms with van der Waals surface area (Å²) in [7, 11) is 0. The zero-order chi connectivity index (χ0) is 7.98. The lowest BCUT2D eigenvalue weighted by molar-refractivity contribution is -0.147. The standard InChI is InChI=1S/C7H11O3/c1-3-10-7(9)6(2)4-5-8/h6H,3-4H2,1-2H3. The highest BCUT2D eigenvalue weighted by molar-refractivity contribution is 5.75. The molecule has 0 heterocycles. The molecule has 0 aliphatic carbocycles. The predicted molar refractivity (Wildman–Crippen MR) is 36.1 cm³/mol. The number of rotatable bonds is 4. The van der Waals surface area contributed by atoms with E-state index in [-0.39, 0.29) is 18.3 Å². The van der Waals surface area contributed by atoms with Gasteiger partial charge in [-0.1, -0.05) is 6.92 Å². The third kappa shape index (κ3) is 3.22. The molecule has 0 saturated heterocycles. The second-order valence-corrected chi connectivity index (χ2v) is 2.00. The molecular formula is C7H11O3. The summed E-state index contributed by atoms with van der Waals surface area (Å²) in [5, 5.41) is 0. The van der Waals surface area contributed by atoms with E-state index in [0.717, 1.165) is 0 Å². The zero-order valence-electron chi connectivity index (χ0n) is 6.22. The van der Waals surface area contributed by atoms with Gasteiger partial charge in [-0.05, 0) is 6.92 Å². The highest BCUT2D eigenvalue weighted by atomic mass is 16.5. The average molecular weight is 143 g/mol. The van der Waals surface area contributed by atoms with Crippen molar-refractivity contribution in [2.45, 2.75) is 20.3 Å². The molecule has 1 unspecified atom stereocenters. The van der Waals surface area contributed by atoms with Crippen LogP contribution in [0.1, 0.15) is 20.3 Å². The molecule has 10 heavy (non-hydrogen) atoms. The van der Waals surface area contributed by atoms with Crippen LogP contribution in [0.25, 0.3) is 0 Å². The van der Waals surface area contributed by atoms with E-state index in [2.05, 4.69) is 4.74 Å². The van der Waals surface area contributed by atoms with Crippen LogP contribution >= 0.6 is 0 Å². The van der Waals surface area contributed by atoms with Crippen LogP contribution in [0.2, 0.25) is 0 Å². The fourth-order valence-electron chi connectivity index (χ4n) is 0.493. The smallest absolute Gasteiger partial charge is 0.309 e. The molecule has 0 bridgehead atoms. The second-order valence-electron chi connectivity index (χ2n) is 2.00. The maximum Gasteiger partial charge on any atom is 0.309 e. The van der Waals surface area contributed by atoms with Crippen LogP contribution < -0.4 is 0 Å². The van der Waals surface area contributed by atoms with Crippen molar-refractivity contribution < 1.29 is 14.3 Å². The number of carbonyl (C=O) groups is 1. The van der Waals surface area contributed by atoms with Crippen LogP contribution in [0, 0.1) is 5.92 Å². The topological polar surface area (TPSA) is 43.4 Å². The van der Waals surface area contributed by atoms with Gasteiger partial charge in [0.05, 0.1) is 12.5 Å². The summed E-state index contributed by atoms with van der Waals surface area (Å²) in [5.41, 5.74) is 0. The number of carbonyl (C=O) groups excluding carboxylic acids is 2. The quantitative estimate of drug-likeness (QED) is 0.544. The normalized spacial score (nSPS) is 12.2. The van der Waals surface area contributed by atoms with Crippen molar-refractivity contribution in [3.8, 4) is 0 Å². The minimum absolute atomic E-state index is 0.124. The van der Waals surface area contributed by atoms with Crippen molar-refractivity contribution in [3.05, 3.63) is 0 Å². The van der Waals surface area contributed by atoms with E-state index in [4.69, 9.17) is 0 Å². The van der Waals surface area contributed by atoms with Crippen molar-refractivity contribution in [2.75, 3.05) is 6.61 Å². The minimum Gasteiger partial charge on any atom is -0.466 e. The Kier molecular flexibility index (Phi) is 4.54. The fraction of sp³-hybridized carbons (Fsp3) is 0.714. The molecule has 0 fully saturated rings. The van der Waals surface area contributed by atoms with Crippen LogP contribution in [-0.2, 0) is 14.3 Å². The largest absolute Gasteiger partial charge is 0.466 e. The van der Waals surface area contributed by atoms with E-state index >= 15 is 0 Å². The maximum absolute atomic E-state index is 10.7. The van der Waals surface area contributed by atoms with Crippen molar-refractivity contribution in [1.82, 2.24) is 0 Å². The second kappa shape index (κ2) is 4.97. The molecule has 0 aliphatic rings. The monoisotopic (exact) mass is 143 g/mol. The predicted octanol–water partition coefficient (Wildman–Crippen LogP) is 0.685. The van der Waals surface area contributed by atoms with E-state index in [1.807, 2.05) is 0 Å². The molecule has 0 aromatic heterocycles. The molecule has 1 atom stereocenters. The van der Waals surface area contributed by atoms with Gasteiger partial charge in [0.1, 0.15) is 0 Å². The summed E-state index contributed by atoms with van der Waals surface area (Å²) in [6.45, 7) is 3.74. The maximum atomic E-state index is 10.7. The van der Waals surface area contributed by atoms with Gasteiger partial charge in [0.15, 0.2) is 6.29 Å². The molecule has 0 spiro atoms. The summed E-state index contributed by atoms with van der Waals surface area (Å²) < 4.78 is 4.64. The Morgan fingerprint density at radius 1 is 1.70 bits per heavy atom. The van der Waals surface area contributed by atoms with E-state index in [0.29, 0.717) is 6.61 Å². The van der Waals surface area contributed by atoms with Gasteiger partial charge in [-0.3, -0.25) is 9.59 Å². The van der Waals surface area contributed by atoms with Gasteiger partial charge in [0.2, 0.25) is 0 Å². The lowest BCUT2D eigenvalue weighted by atomic mass is 10.1. The Bertz CT molecular complexity index is 120. The molecular weight excluding hydrogens is 132 g/mol. The first-order chi connectivity index (χ1) is 4.72. The molecule has 0 aliphatic heterocycles. The minimum atomic E-state index is -0.350. The molecule has 0 saturated carbocycles. The molecule has 0 aromatic carbocycles. The van der Waals surface area contributed by atoms with Crippen molar-refractivity contribution in [1.29, 1.82) is 0 Å². The van der Waals surface area contributed by atoms with E-state index in [1.54, 1.807) is 20.1 Å². The first kappa shape index (κ1) is 9.14. The third-order valence-electron chi connectivity index (χ3n) is 1.08. The molecule has 1 radical (unpaired) electrons. The van der Waals surface area contributed by atoms with Gasteiger partial charge in [0.25, 0.3) is 0 Å². The van der Waals surface area contributed by atoms with E-state index in [9.17, 15) is 9.59 Å². The summed E-state index contributed by atoms with van der Waals surface area (Å²) in [6, 6.07) is 0. The molecule has 0 amide bonds. The summed E-state index contributed by atoms with van der Waals surface area (Å²) >= 11 is 0. The lowest BCUT2D eigenvalue weighted by Gasteiger charge is -2.04. The molecule has 0 aromatic rings. The summed E-state index contributed by atoms with van der Waals surface area (Å²) in [4.78, 5) is 20.5. The van der Waals surface area contributed by atoms with Gasteiger partial charge < -0.3 is 4.74 Å². The Labute approximate surface area is 60.4 Å². The highest BCUT2D eigenvalue weighted by Crippen LogP contribution is 2.01. The number of hydrogen-bond acceptors (Lipinski definition) is 3. The average Bonchev–Trinajstić information content (AvgIpc) is 1.89. The Morgan fingerprint density at radius 3 is 2.70 bits per heavy atom. The van der Waals surface area contributed by atoms with Crippen LogP contribution in [-0.4, -0.2) is 18.9 Å². The van der Waals surface area contributed by atoms with Crippen LogP contribution in [0.3, 0.4) is 0 Å². The summed E-state index contributed by atoms with van der Waals surface area (Å²) in [5.74, 6) is -0.678. The third-order valence-corrected chi connectivity index (χ3v) is 1.08. The number of hydrogen-bond donors (Lipinski definition) is 0. The molecule has 57 valence electrons. The van der Waals surface area contributed by atoms with Crippen molar-refractivity contribution >= 4 is 12.3 Å². The molecule has 3 nitrogen and oxygen atoms in total. The fourth-order valence-corrected chi connectivity index (χ4v) is 0.493. The zero-order valence-corrected chi connectivity index (χ0v) is 6.22. The molecule has 0 rings (SSSR count). The lowest BCUT2D eigenvalue weighted by Crippen LogP contribution is -2.14. The number of ether oxygens (including phenoxy) is 1. The first-order valence-corrected chi connectivity index (χ1v) is 3.24. The Balaban J connectivity index is 3.58. The van der Waals surface area contributed by atoms with Crippen LogP contribution in [0.4, 0.5) is 0 Å². The van der Waals surface area contributed by atoms with E-state index in [1.165, 1.54) is 0 Å². The van der Waals surface area contributed by atoms with Crippen LogP contribution in [0.5, 0.6) is 0 Å². The molecule has 3 heteroatoms. The number of esters is 1.